The van der Waals surface area contributed by atoms with E-state index in [2.05, 4.69) is 12.2 Å². The molecule has 100 valence electrons. The van der Waals surface area contributed by atoms with Crippen LogP contribution in [-0.4, -0.2) is 32.4 Å². The van der Waals surface area contributed by atoms with Crippen molar-refractivity contribution in [3.63, 3.8) is 0 Å². The van der Waals surface area contributed by atoms with Crippen molar-refractivity contribution in [3.05, 3.63) is 35.6 Å². The number of hydrogen-bond donors (Lipinski definition) is 1. The van der Waals surface area contributed by atoms with Gasteiger partial charge < -0.3 is 14.8 Å². The molecule has 3 nitrogen and oxygen atoms in total. The predicted octanol–water partition coefficient (Wildman–Crippen LogP) is 2.28. The third kappa shape index (κ3) is 3.28. The molecule has 0 saturated carbocycles. The second-order valence-corrected chi connectivity index (χ2v) is 4.66. The van der Waals surface area contributed by atoms with Crippen molar-refractivity contribution in [1.82, 2.24) is 5.32 Å². The van der Waals surface area contributed by atoms with Crippen LogP contribution in [0.1, 0.15) is 25.0 Å². The van der Waals surface area contributed by atoms with E-state index in [9.17, 15) is 4.39 Å². The lowest BCUT2D eigenvalue weighted by Gasteiger charge is -2.21. The molecule has 1 aromatic carbocycles. The molecule has 2 rings (SSSR count). The smallest absolute Gasteiger partial charge is 0.123 e. The molecule has 1 saturated heterocycles. The largest absolute Gasteiger partial charge is 0.377 e. The van der Waals surface area contributed by atoms with Gasteiger partial charge in [-0.05, 0) is 31.0 Å². The number of nitrogens with one attached hydrogen (secondary N) is 1. The fourth-order valence-corrected chi connectivity index (χ4v) is 2.27. The highest BCUT2D eigenvalue weighted by atomic mass is 19.1. The summed E-state index contributed by atoms with van der Waals surface area (Å²) in [7, 11) is 1.67. The summed E-state index contributed by atoms with van der Waals surface area (Å²) in [5.41, 5.74) is 0.984. The summed E-state index contributed by atoms with van der Waals surface area (Å²) in [4.78, 5) is 0. The summed E-state index contributed by atoms with van der Waals surface area (Å²) >= 11 is 0. The molecule has 0 spiro atoms. The van der Waals surface area contributed by atoms with E-state index >= 15 is 0 Å². The first-order valence-corrected chi connectivity index (χ1v) is 6.34. The summed E-state index contributed by atoms with van der Waals surface area (Å²) in [6.45, 7) is 3.60. The van der Waals surface area contributed by atoms with Crippen LogP contribution in [0.15, 0.2) is 24.3 Å². The molecule has 1 aliphatic rings. The van der Waals surface area contributed by atoms with Gasteiger partial charge in [0.1, 0.15) is 5.82 Å². The summed E-state index contributed by atoms with van der Waals surface area (Å²) in [5, 5.41) is 3.45. The Hall–Kier alpha value is -0.970. The highest BCUT2D eigenvalue weighted by Gasteiger charge is 2.24. The van der Waals surface area contributed by atoms with Gasteiger partial charge in [0, 0.05) is 26.3 Å². The maximum atomic E-state index is 12.9. The summed E-state index contributed by atoms with van der Waals surface area (Å²) in [6, 6.07) is 6.83. The van der Waals surface area contributed by atoms with Crippen LogP contribution in [0.3, 0.4) is 0 Å². The number of methoxy groups -OCH3 is 1. The third-order valence-electron chi connectivity index (χ3n) is 3.47. The topological polar surface area (TPSA) is 30.5 Å². The van der Waals surface area contributed by atoms with Gasteiger partial charge >= 0.3 is 0 Å². The number of ether oxygens (including phenoxy) is 2. The van der Waals surface area contributed by atoms with Crippen LogP contribution >= 0.6 is 0 Å². The molecule has 1 heterocycles. The van der Waals surface area contributed by atoms with Crippen LogP contribution in [-0.2, 0) is 9.47 Å². The Balaban J connectivity index is 1.91. The number of hydrogen-bond acceptors (Lipinski definition) is 3. The number of rotatable bonds is 5. The van der Waals surface area contributed by atoms with Crippen molar-refractivity contribution in [2.24, 2.45) is 0 Å². The van der Waals surface area contributed by atoms with Gasteiger partial charge in [0.05, 0.1) is 12.2 Å². The Kier molecular flexibility index (Phi) is 4.69. The van der Waals surface area contributed by atoms with Crippen molar-refractivity contribution in [2.75, 3.05) is 20.3 Å². The lowest BCUT2D eigenvalue weighted by molar-refractivity contribution is 0.0867. The second kappa shape index (κ2) is 6.27. The van der Waals surface area contributed by atoms with E-state index in [-0.39, 0.29) is 18.0 Å². The molecule has 4 heteroatoms. The molecular weight excluding hydrogens is 233 g/mol. The van der Waals surface area contributed by atoms with Crippen LogP contribution in [0, 0.1) is 5.82 Å². The SMILES string of the molecule is CO[C@H](CN[C@H]1CCO[C@@H]1C)c1ccc(F)cc1. The van der Waals surface area contributed by atoms with Gasteiger partial charge in [-0.3, -0.25) is 0 Å². The Morgan fingerprint density at radius 2 is 2.17 bits per heavy atom. The van der Waals surface area contributed by atoms with Crippen LogP contribution in [0.2, 0.25) is 0 Å². The van der Waals surface area contributed by atoms with E-state index in [0.717, 1.165) is 18.6 Å². The van der Waals surface area contributed by atoms with Crippen LogP contribution in [0.4, 0.5) is 4.39 Å². The van der Waals surface area contributed by atoms with E-state index in [1.54, 1.807) is 19.2 Å². The van der Waals surface area contributed by atoms with Crippen molar-refractivity contribution in [1.29, 1.82) is 0 Å². The second-order valence-electron chi connectivity index (χ2n) is 4.66. The summed E-state index contributed by atoms with van der Waals surface area (Å²) < 4.78 is 23.8. The van der Waals surface area contributed by atoms with E-state index < -0.39 is 0 Å². The van der Waals surface area contributed by atoms with Crippen molar-refractivity contribution < 1.29 is 13.9 Å². The monoisotopic (exact) mass is 253 g/mol. The molecule has 0 radical (unpaired) electrons. The zero-order valence-corrected chi connectivity index (χ0v) is 10.9. The first kappa shape index (κ1) is 13.5. The molecular formula is C14H20FNO2. The molecule has 0 unspecified atom stereocenters. The maximum absolute atomic E-state index is 12.9. The first-order valence-electron chi connectivity index (χ1n) is 6.34. The average molecular weight is 253 g/mol. The summed E-state index contributed by atoms with van der Waals surface area (Å²) in [5.74, 6) is -0.223. The highest BCUT2D eigenvalue weighted by molar-refractivity contribution is 5.19. The average Bonchev–Trinajstić information content (AvgIpc) is 2.78. The van der Waals surface area contributed by atoms with E-state index in [1.165, 1.54) is 12.1 Å². The molecule has 3 atom stereocenters. The zero-order chi connectivity index (χ0) is 13.0. The van der Waals surface area contributed by atoms with E-state index in [4.69, 9.17) is 9.47 Å². The highest BCUT2D eigenvalue weighted by Crippen LogP contribution is 2.18. The molecule has 0 aliphatic carbocycles. The molecule has 0 bridgehead atoms. The lowest BCUT2D eigenvalue weighted by atomic mass is 10.1. The van der Waals surface area contributed by atoms with Gasteiger partial charge in [-0.2, -0.15) is 0 Å². The zero-order valence-electron chi connectivity index (χ0n) is 10.9. The molecule has 0 amide bonds. The maximum Gasteiger partial charge on any atom is 0.123 e. The van der Waals surface area contributed by atoms with E-state index in [0.29, 0.717) is 12.6 Å². The minimum Gasteiger partial charge on any atom is -0.377 e. The Morgan fingerprint density at radius 3 is 2.72 bits per heavy atom. The quantitative estimate of drug-likeness (QED) is 0.873. The minimum atomic E-state index is -0.223. The lowest BCUT2D eigenvalue weighted by Crippen LogP contribution is -2.37. The van der Waals surface area contributed by atoms with Crippen LogP contribution in [0.5, 0.6) is 0 Å². The molecule has 1 aromatic rings. The van der Waals surface area contributed by atoms with Gasteiger partial charge in [-0.1, -0.05) is 12.1 Å². The first-order chi connectivity index (χ1) is 8.70. The fourth-order valence-electron chi connectivity index (χ4n) is 2.27. The summed E-state index contributed by atoms with van der Waals surface area (Å²) in [6.07, 6.45) is 1.22. The molecule has 0 aromatic heterocycles. The number of benzene rings is 1. The Morgan fingerprint density at radius 1 is 1.44 bits per heavy atom. The van der Waals surface area contributed by atoms with Crippen molar-refractivity contribution >= 4 is 0 Å². The fraction of sp³-hybridized carbons (Fsp3) is 0.571. The minimum absolute atomic E-state index is 0.0570. The van der Waals surface area contributed by atoms with Crippen molar-refractivity contribution in [2.45, 2.75) is 31.6 Å². The third-order valence-corrected chi connectivity index (χ3v) is 3.47. The van der Waals surface area contributed by atoms with Crippen LogP contribution in [0.25, 0.3) is 0 Å². The van der Waals surface area contributed by atoms with E-state index in [1.807, 2.05) is 0 Å². The molecule has 1 N–H and O–H groups in total. The Bertz CT molecular complexity index is 369. The predicted molar refractivity (Wildman–Crippen MR) is 68.0 cm³/mol. The van der Waals surface area contributed by atoms with Crippen molar-refractivity contribution in [3.8, 4) is 0 Å². The Labute approximate surface area is 107 Å². The van der Waals surface area contributed by atoms with Gasteiger partial charge in [-0.25, -0.2) is 4.39 Å². The van der Waals surface area contributed by atoms with Gasteiger partial charge in [-0.15, -0.1) is 0 Å². The van der Waals surface area contributed by atoms with Gasteiger partial charge in [0.15, 0.2) is 0 Å². The number of halogens is 1. The van der Waals surface area contributed by atoms with Crippen LogP contribution < -0.4 is 5.32 Å². The standard InChI is InChI=1S/C14H20FNO2/c1-10-13(7-8-18-10)16-9-14(17-2)11-3-5-12(15)6-4-11/h3-6,10,13-14,16H,7-9H2,1-2H3/t10-,13+,14-/m1/s1. The van der Waals surface area contributed by atoms with Gasteiger partial charge in [0.2, 0.25) is 0 Å². The van der Waals surface area contributed by atoms with Gasteiger partial charge in [0.25, 0.3) is 0 Å². The molecule has 18 heavy (non-hydrogen) atoms. The normalized spacial score (nSPS) is 25.3. The molecule has 1 fully saturated rings. The molecule has 1 aliphatic heterocycles.